The number of carbonyl (C=O) groups excluding carboxylic acids is 1. The number of nitrogens with zero attached hydrogens (tertiary/aromatic N) is 1. The van der Waals surface area contributed by atoms with Crippen molar-refractivity contribution in [3.63, 3.8) is 0 Å². The van der Waals surface area contributed by atoms with E-state index in [1.54, 1.807) is 7.11 Å². The number of thioether (sulfide) groups is 1. The van der Waals surface area contributed by atoms with E-state index in [4.69, 9.17) is 4.74 Å². The van der Waals surface area contributed by atoms with Crippen molar-refractivity contribution in [2.24, 2.45) is 4.99 Å². The van der Waals surface area contributed by atoms with Crippen LogP contribution in [-0.4, -0.2) is 18.2 Å². The van der Waals surface area contributed by atoms with Gasteiger partial charge >= 0.3 is 0 Å². The van der Waals surface area contributed by atoms with Gasteiger partial charge < -0.3 is 10.1 Å². The Morgan fingerprint density at radius 3 is 2.74 bits per heavy atom. The summed E-state index contributed by atoms with van der Waals surface area (Å²) in [4.78, 5) is 17.1. The average Bonchev–Trinajstić information content (AvgIpc) is 2.89. The molecule has 1 amide bonds. The van der Waals surface area contributed by atoms with E-state index in [2.05, 4.69) is 26.2 Å². The van der Waals surface area contributed by atoms with Crippen molar-refractivity contribution >= 4 is 50.5 Å². The van der Waals surface area contributed by atoms with Crippen molar-refractivity contribution in [1.29, 1.82) is 0 Å². The van der Waals surface area contributed by atoms with Crippen molar-refractivity contribution in [2.75, 3.05) is 7.11 Å². The summed E-state index contributed by atoms with van der Waals surface area (Å²) in [5.74, 6) is 0.611. The van der Waals surface area contributed by atoms with E-state index < -0.39 is 0 Å². The first-order valence-electron chi connectivity index (χ1n) is 6.83. The SMILES string of the molecule is COc1cccc(/C=C2\SC(=Nc3ccc(Br)cc3)NC2=O)c1. The molecule has 0 radical (unpaired) electrons. The van der Waals surface area contributed by atoms with Crippen LogP contribution in [0.1, 0.15) is 5.56 Å². The predicted octanol–water partition coefficient (Wildman–Crippen LogP) is 4.35. The predicted molar refractivity (Wildman–Crippen MR) is 97.9 cm³/mol. The van der Waals surface area contributed by atoms with Crippen LogP contribution in [0.25, 0.3) is 6.08 Å². The molecule has 0 bridgehead atoms. The fourth-order valence-electron chi connectivity index (χ4n) is 2.00. The Kier molecular flexibility index (Phi) is 4.83. The van der Waals surface area contributed by atoms with Gasteiger partial charge in [-0.1, -0.05) is 28.1 Å². The number of nitrogens with one attached hydrogen (secondary N) is 1. The van der Waals surface area contributed by atoms with Gasteiger partial charge in [0.2, 0.25) is 0 Å². The Labute approximate surface area is 146 Å². The molecule has 0 spiro atoms. The minimum atomic E-state index is -0.145. The van der Waals surface area contributed by atoms with E-state index in [0.717, 1.165) is 21.5 Å². The summed E-state index contributed by atoms with van der Waals surface area (Å²) in [6, 6.07) is 15.1. The zero-order valence-electron chi connectivity index (χ0n) is 12.2. The van der Waals surface area contributed by atoms with E-state index >= 15 is 0 Å². The van der Waals surface area contributed by atoms with Gasteiger partial charge in [-0.05, 0) is 59.8 Å². The molecule has 2 aromatic carbocycles. The molecule has 1 heterocycles. The lowest BCUT2D eigenvalue weighted by molar-refractivity contribution is -0.115. The first-order valence-corrected chi connectivity index (χ1v) is 8.44. The maximum absolute atomic E-state index is 12.1. The average molecular weight is 389 g/mol. The highest BCUT2D eigenvalue weighted by atomic mass is 79.9. The third-order valence-electron chi connectivity index (χ3n) is 3.10. The topological polar surface area (TPSA) is 50.7 Å². The number of hydrogen-bond donors (Lipinski definition) is 1. The van der Waals surface area contributed by atoms with E-state index in [0.29, 0.717) is 10.1 Å². The Morgan fingerprint density at radius 2 is 2.00 bits per heavy atom. The van der Waals surface area contributed by atoms with Crippen LogP contribution in [0, 0.1) is 0 Å². The van der Waals surface area contributed by atoms with Crippen molar-refractivity contribution in [2.45, 2.75) is 0 Å². The minimum absolute atomic E-state index is 0.145. The highest BCUT2D eigenvalue weighted by Crippen LogP contribution is 2.29. The molecule has 4 nitrogen and oxygen atoms in total. The van der Waals surface area contributed by atoms with Gasteiger partial charge in [0.25, 0.3) is 5.91 Å². The molecule has 1 saturated heterocycles. The fraction of sp³-hybridized carbons (Fsp3) is 0.0588. The van der Waals surface area contributed by atoms with E-state index in [1.165, 1.54) is 11.8 Å². The van der Waals surface area contributed by atoms with Gasteiger partial charge in [-0.25, -0.2) is 4.99 Å². The van der Waals surface area contributed by atoms with Crippen LogP contribution in [0.15, 0.2) is 62.9 Å². The molecule has 0 atom stereocenters. The number of methoxy groups -OCH3 is 1. The smallest absolute Gasteiger partial charge is 0.264 e. The number of benzene rings is 2. The van der Waals surface area contributed by atoms with Crippen LogP contribution >= 0.6 is 27.7 Å². The monoisotopic (exact) mass is 388 g/mol. The molecule has 116 valence electrons. The Morgan fingerprint density at radius 1 is 1.22 bits per heavy atom. The normalized spacial score (nSPS) is 17.6. The zero-order chi connectivity index (χ0) is 16.2. The second-order valence-electron chi connectivity index (χ2n) is 4.73. The van der Waals surface area contributed by atoms with Crippen LogP contribution in [-0.2, 0) is 4.79 Å². The molecule has 1 N–H and O–H groups in total. The number of aliphatic imine (C=N–C) groups is 1. The second kappa shape index (κ2) is 7.02. The highest BCUT2D eigenvalue weighted by Gasteiger charge is 2.23. The number of amidine groups is 1. The molecule has 0 saturated carbocycles. The summed E-state index contributed by atoms with van der Waals surface area (Å²) in [5.41, 5.74) is 1.70. The highest BCUT2D eigenvalue weighted by molar-refractivity contribution is 9.10. The van der Waals surface area contributed by atoms with Crippen molar-refractivity contribution in [1.82, 2.24) is 5.32 Å². The molecule has 23 heavy (non-hydrogen) atoms. The van der Waals surface area contributed by atoms with Crippen LogP contribution in [0.5, 0.6) is 5.75 Å². The molecule has 2 aromatic rings. The Bertz CT molecular complexity index is 800. The summed E-state index contributed by atoms with van der Waals surface area (Å²) in [5, 5.41) is 3.35. The standard InChI is InChI=1S/C17H13BrN2O2S/c1-22-14-4-2-3-11(9-14)10-15-16(21)20-17(23-15)19-13-7-5-12(18)6-8-13/h2-10H,1H3,(H,19,20,21)/b15-10-. The Hall–Kier alpha value is -2.05. The third-order valence-corrected chi connectivity index (χ3v) is 4.54. The van der Waals surface area contributed by atoms with Gasteiger partial charge in [0, 0.05) is 4.47 Å². The van der Waals surface area contributed by atoms with Crippen molar-refractivity contribution in [3.05, 3.63) is 63.5 Å². The second-order valence-corrected chi connectivity index (χ2v) is 6.68. The summed E-state index contributed by atoms with van der Waals surface area (Å²) < 4.78 is 6.18. The van der Waals surface area contributed by atoms with Gasteiger partial charge in [-0.15, -0.1) is 0 Å². The lowest BCUT2D eigenvalue weighted by Crippen LogP contribution is -2.19. The third kappa shape index (κ3) is 4.03. The molecule has 0 unspecified atom stereocenters. The number of hydrogen-bond acceptors (Lipinski definition) is 4. The first kappa shape index (κ1) is 15.8. The lowest BCUT2D eigenvalue weighted by atomic mass is 10.2. The zero-order valence-corrected chi connectivity index (χ0v) is 14.6. The molecule has 0 aromatic heterocycles. The molecule has 3 rings (SSSR count). The summed E-state index contributed by atoms with van der Waals surface area (Å²) in [6.07, 6.45) is 1.83. The quantitative estimate of drug-likeness (QED) is 0.795. The largest absolute Gasteiger partial charge is 0.497 e. The number of ether oxygens (including phenoxy) is 1. The van der Waals surface area contributed by atoms with E-state index in [-0.39, 0.29) is 5.91 Å². The van der Waals surface area contributed by atoms with Crippen LogP contribution < -0.4 is 10.1 Å². The number of rotatable bonds is 3. The summed E-state index contributed by atoms with van der Waals surface area (Å²) >= 11 is 4.71. The lowest BCUT2D eigenvalue weighted by Gasteiger charge is -2.00. The number of halogens is 1. The minimum Gasteiger partial charge on any atom is -0.497 e. The van der Waals surface area contributed by atoms with E-state index in [9.17, 15) is 4.79 Å². The van der Waals surface area contributed by atoms with Crippen molar-refractivity contribution < 1.29 is 9.53 Å². The van der Waals surface area contributed by atoms with Gasteiger partial charge in [0.05, 0.1) is 17.7 Å². The molecule has 1 fully saturated rings. The van der Waals surface area contributed by atoms with Gasteiger partial charge in [-0.2, -0.15) is 0 Å². The molecule has 1 aliphatic rings. The van der Waals surface area contributed by atoms with Gasteiger partial charge in [0.1, 0.15) is 5.75 Å². The van der Waals surface area contributed by atoms with Crippen molar-refractivity contribution in [3.8, 4) is 5.75 Å². The summed E-state index contributed by atoms with van der Waals surface area (Å²) in [7, 11) is 1.62. The molecule has 6 heteroatoms. The molecule has 0 aliphatic carbocycles. The number of amides is 1. The van der Waals surface area contributed by atoms with E-state index in [1.807, 2.05) is 54.6 Å². The van der Waals surface area contributed by atoms with Gasteiger partial charge in [0.15, 0.2) is 5.17 Å². The van der Waals surface area contributed by atoms with Crippen LogP contribution in [0.3, 0.4) is 0 Å². The Balaban J connectivity index is 1.81. The van der Waals surface area contributed by atoms with Crippen LogP contribution in [0.2, 0.25) is 0 Å². The summed E-state index contributed by atoms with van der Waals surface area (Å²) in [6.45, 7) is 0. The first-order chi connectivity index (χ1) is 11.1. The molecular formula is C17H13BrN2O2S. The number of carbonyl (C=O) groups is 1. The maximum Gasteiger partial charge on any atom is 0.264 e. The van der Waals surface area contributed by atoms with Gasteiger partial charge in [-0.3, -0.25) is 4.79 Å². The molecular weight excluding hydrogens is 376 g/mol. The molecule has 1 aliphatic heterocycles. The fourth-order valence-corrected chi connectivity index (χ4v) is 3.10. The maximum atomic E-state index is 12.1. The van der Waals surface area contributed by atoms with Crippen LogP contribution in [0.4, 0.5) is 5.69 Å².